The second-order valence-electron chi connectivity index (χ2n) is 2.59. The minimum atomic E-state index is 0.936. The molecule has 1 aromatic rings. The molecule has 1 N–H and O–H groups in total. The van der Waals surface area contributed by atoms with Crippen LogP contribution in [0.2, 0.25) is 0 Å². The molecule has 0 aliphatic heterocycles. The van der Waals surface area contributed by atoms with Crippen LogP contribution in [0.4, 0.5) is 0 Å². The lowest BCUT2D eigenvalue weighted by atomic mass is 10.2. The number of aliphatic imine (C=N–C) groups is 1. The maximum Gasteiger partial charge on any atom is 0.106 e. The standard InChI is InChI=1S/C9H11N3/c1-7-3-9(5-11-6-10)8(2)12-4-7/h3-6,10H,1-2H3. The van der Waals surface area contributed by atoms with Crippen molar-refractivity contribution in [2.24, 2.45) is 4.99 Å². The number of nitrogens with one attached hydrogen (secondary N) is 1. The summed E-state index contributed by atoms with van der Waals surface area (Å²) in [5.41, 5.74) is 3.01. The second-order valence-corrected chi connectivity index (χ2v) is 2.59. The topological polar surface area (TPSA) is 49.1 Å². The normalized spacial score (nSPS) is 10.5. The Morgan fingerprint density at radius 1 is 1.50 bits per heavy atom. The van der Waals surface area contributed by atoms with E-state index in [1.54, 1.807) is 6.21 Å². The Morgan fingerprint density at radius 3 is 2.92 bits per heavy atom. The smallest absolute Gasteiger partial charge is 0.106 e. The second kappa shape index (κ2) is 3.76. The average Bonchev–Trinajstić information content (AvgIpc) is 2.07. The van der Waals surface area contributed by atoms with Gasteiger partial charge in [-0.25, -0.2) is 4.99 Å². The van der Waals surface area contributed by atoms with Crippen LogP contribution in [-0.4, -0.2) is 17.5 Å². The lowest BCUT2D eigenvalue weighted by Crippen LogP contribution is -1.92. The predicted molar refractivity (Wildman–Crippen MR) is 50.1 cm³/mol. The van der Waals surface area contributed by atoms with Crippen molar-refractivity contribution in [3.63, 3.8) is 0 Å². The molecule has 0 amide bonds. The minimum absolute atomic E-state index is 0.936. The molecule has 3 heteroatoms. The van der Waals surface area contributed by atoms with Crippen LogP contribution in [0.3, 0.4) is 0 Å². The molecule has 0 saturated heterocycles. The van der Waals surface area contributed by atoms with Gasteiger partial charge in [-0.3, -0.25) is 10.4 Å². The molecule has 1 aromatic heterocycles. The molecular formula is C9H11N3. The fourth-order valence-electron chi connectivity index (χ4n) is 0.908. The molecule has 0 saturated carbocycles. The van der Waals surface area contributed by atoms with Gasteiger partial charge in [0, 0.05) is 23.7 Å². The molecule has 0 atom stereocenters. The summed E-state index contributed by atoms with van der Waals surface area (Å²) in [5.74, 6) is 0. The molecule has 62 valence electrons. The predicted octanol–water partition coefficient (Wildman–Crippen LogP) is 1.72. The highest BCUT2D eigenvalue weighted by atomic mass is 14.7. The van der Waals surface area contributed by atoms with Crippen molar-refractivity contribution in [3.05, 3.63) is 29.1 Å². The van der Waals surface area contributed by atoms with Gasteiger partial charge in [-0.2, -0.15) is 0 Å². The summed E-state index contributed by atoms with van der Waals surface area (Å²) in [6.45, 7) is 3.90. The number of hydrogen-bond acceptors (Lipinski definition) is 2. The zero-order chi connectivity index (χ0) is 8.97. The fourth-order valence-corrected chi connectivity index (χ4v) is 0.908. The van der Waals surface area contributed by atoms with E-state index >= 15 is 0 Å². The van der Waals surface area contributed by atoms with Crippen molar-refractivity contribution in [2.75, 3.05) is 0 Å². The van der Waals surface area contributed by atoms with Crippen LogP contribution >= 0.6 is 0 Å². The highest BCUT2D eigenvalue weighted by molar-refractivity contribution is 5.86. The Labute approximate surface area is 71.7 Å². The van der Waals surface area contributed by atoms with Crippen molar-refractivity contribution in [1.82, 2.24) is 4.98 Å². The molecule has 0 aliphatic rings. The van der Waals surface area contributed by atoms with Gasteiger partial charge in [-0.05, 0) is 25.5 Å². The number of hydrogen-bond donors (Lipinski definition) is 1. The number of aromatic nitrogens is 1. The third kappa shape index (κ3) is 1.99. The van der Waals surface area contributed by atoms with Gasteiger partial charge >= 0.3 is 0 Å². The molecule has 0 aliphatic carbocycles. The highest BCUT2D eigenvalue weighted by Gasteiger charge is 1.95. The molecule has 12 heavy (non-hydrogen) atoms. The molecule has 0 bridgehead atoms. The summed E-state index contributed by atoms with van der Waals surface area (Å²) < 4.78 is 0. The Morgan fingerprint density at radius 2 is 2.25 bits per heavy atom. The zero-order valence-electron chi connectivity index (χ0n) is 7.20. The molecule has 0 fully saturated rings. The van der Waals surface area contributed by atoms with Crippen molar-refractivity contribution >= 4 is 12.6 Å². The first kappa shape index (κ1) is 8.59. The number of rotatable bonds is 2. The first-order valence-electron chi connectivity index (χ1n) is 3.69. The first-order chi connectivity index (χ1) is 5.74. The van der Waals surface area contributed by atoms with Gasteiger partial charge in [0.25, 0.3) is 0 Å². The Balaban J connectivity index is 3.04. The molecule has 3 nitrogen and oxygen atoms in total. The van der Waals surface area contributed by atoms with E-state index in [1.165, 1.54) is 0 Å². The molecule has 1 rings (SSSR count). The number of pyridine rings is 1. The van der Waals surface area contributed by atoms with E-state index in [-0.39, 0.29) is 0 Å². The van der Waals surface area contributed by atoms with Gasteiger partial charge in [-0.1, -0.05) is 0 Å². The van der Waals surface area contributed by atoms with Crippen LogP contribution in [-0.2, 0) is 0 Å². The molecule has 0 radical (unpaired) electrons. The maximum atomic E-state index is 6.73. The maximum absolute atomic E-state index is 6.73. The van der Waals surface area contributed by atoms with Gasteiger partial charge in [0.15, 0.2) is 0 Å². The summed E-state index contributed by atoms with van der Waals surface area (Å²) >= 11 is 0. The van der Waals surface area contributed by atoms with Gasteiger partial charge in [-0.15, -0.1) is 0 Å². The fraction of sp³-hybridized carbons (Fsp3) is 0.222. The van der Waals surface area contributed by atoms with E-state index < -0.39 is 0 Å². The van der Waals surface area contributed by atoms with Crippen LogP contribution in [0.1, 0.15) is 16.8 Å². The molecule has 0 aromatic carbocycles. The van der Waals surface area contributed by atoms with Crippen LogP contribution in [0.25, 0.3) is 0 Å². The highest BCUT2D eigenvalue weighted by Crippen LogP contribution is 2.03. The summed E-state index contributed by atoms with van der Waals surface area (Å²) in [6, 6.07) is 2.00. The average molecular weight is 161 g/mol. The molecular weight excluding hydrogens is 150 g/mol. The largest absolute Gasteiger partial charge is 0.290 e. The quantitative estimate of drug-likeness (QED) is 0.521. The van der Waals surface area contributed by atoms with Gasteiger partial charge in [0.2, 0.25) is 0 Å². The lowest BCUT2D eigenvalue weighted by Gasteiger charge is -1.98. The van der Waals surface area contributed by atoms with Crippen molar-refractivity contribution in [1.29, 1.82) is 5.41 Å². The van der Waals surface area contributed by atoms with Gasteiger partial charge < -0.3 is 0 Å². The zero-order valence-corrected chi connectivity index (χ0v) is 7.20. The molecule has 0 spiro atoms. The summed E-state index contributed by atoms with van der Waals surface area (Å²) in [5, 5.41) is 6.73. The monoisotopic (exact) mass is 161 g/mol. The Bertz CT molecular complexity index is 316. The summed E-state index contributed by atoms with van der Waals surface area (Å²) in [6.07, 6.45) is 4.47. The van der Waals surface area contributed by atoms with E-state index in [4.69, 9.17) is 5.41 Å². The van der Waals surface area contributed by atoms with E-state index in [1.807, 2.05) is 26.1 Å². The van der Waals surface area contributed by atoms with E-state index in [2.05, 4.69) is 9.98 Å². The van der Waals surface area contributed by atoms with E-state index in [9.17, 15) is 0 Å². The van der Waals surface area contributed by atoms with Crippen LogP contribution in [0, 0.1) is 19.3 Å². The minimum Gasteiger partial charge on any atom is -0.290 e. The van der Waals surface area contributed by atoms with Crippen molar-refractivity contribution < 1.29 is 0 Å². The Kier molecular flexibility index (Phi) is 2.69. The van der Waals surface area contributed by atoms with Crippen LogP contribution < -0.4 is 0 Å². The SMILES string of the molecule is Cc1cnc(C)c(C=NC=N)c1. The molecule has 1 heterocycles. The van der Waals surface area contributed by atoms with Crippen LogP contribution in [0.5, 0.6) is 0 Å². The van der Waals surface area contributed by atoms with Gasteiger partial charge in [0.1, 0.15) is 6.34 Å². The van der Waals surface area contributed by atoms with Crippen molar-refractivity contribution in [2.45, 2.75) is 13.8 Å². The number of nitrogens with zero attached hydrogens (tertiary/aromatic N) is 2. The van der Waals surface area contributed by atoms with E-state index in [0.29, 0.717) is 0 Å². The van der Waals surface area contributed by atoms with Gasteiger partial charge in [0.05, 0.1) is 0 Å². The third-order valence-corrected chi connectivity index (χ3v) is 1.55. The Hall–Kier alpha value is -1.51. The number of aryl methyl sites for hydroxylation is 2. The molecule has 0 unspecified atom stereocenters. The summed E-state index contributed by atoms with van der Waals surface area (Å²) in [7, 11) is 0. The van der Waals surface area contributed by atoms with E-state index in [0.717, 1.165) is 23.2 Å². The third-order valence-electron chi connectivity index (χ3n) is 1.55. The van der Waals surface area contributed by atoms with Crippen molar-refractivity contribution in [3.8, 4) is 0 Å². The first-order valence-corrected chi connectivity index (χ1v) is 3.69. The summed E-state index contributed by atoms with van der Waals surface area (Å²) in [4.78, 5) is 7.89. The lowest BCUT2D eigenvalue weighted by molar-refractivity contribution is 1.16. The van der Waals surface area contributed by atoms with Crippen LogP contribution in [0.15, 0.2) is 17.3 Å².